The molecule has 0 fully saturated rings. The topological polar surface area (TPSA) is 47.8 Å². The molecule has 75 valence electrons. The van der Waals surface area contributed by atoms with E-state index in [2.05, 4.69) is 16.9 Å². The van der Waals surface area contributed by atoms with Crippen LogP contribution in [0.2, 0.25) is 0 Å². The molecule has 0 atom stereocenters. The van der Waals surface area contributed by atoms with Crippen molar-refractivity contribution in [1.29, 1.82) is 0 Å². The second kappa shape index (κ2) is 4.04. The van der Waals surface area contributed by atoms with Crippen molar-refractivity contribution in [2.75, 3.05) is 0 Å². The van der Waals surface area contributed by atoms with Gasteiger partial charge in [-0.1, -0.05) is 0 Å². The zero-order valence-corrected chi connectivity index (χ0v) is 8.13. The SMILES string of the molecule is [CH2]C(=O)c1ccc(Cn2ccnc2)nc1. The Bertz CT molecular complexity index is 445. The Morgan fingerprint density at radius 1 is 1.47 bits per heavy atom. The molecule has 0 aromatic carbocycles. The van der Waals surface area contributed by atoms with Gasteiger partial charge in [-0.05, 0) is 12.1 Å². The van der Waals surface area contributed by atoms with Gasteiger partial charge in [-0.2, -0.15) is 0 Å². The normalized spacial score (nSPS) is 10.2. The summed E-state index contributed by atoms with van der Waals surface area (Å²) >= 11 is 0. The van der Waals surface area contributed by atoms with Crippen LogP contribution in [0.3, 0.4) is 0 Å². The van der Waals surface area contributed by atoms with Crippen LogP contribution in [0.15, 0.2) is 37.1 Å². The minimum atomic E-state index is -0.211. The summed E-state index contributed by atoms with van der Waals surface area (Å²) in [6.07, 6.45) is 6.85. The first-order chi connectivity index (χ1) is 7.25. The Balaban J connectivity index is 2.14. The summed E-state index contributed by atoms with van der Waals surface area (Å²) < 4.78 is 1.91. The Hall–Kier alpha value is -1.97. The van der Waals surface area contributed by atoms with Gasteiger partial charge in [0, 0.05) is 31.1 Å². The van der Waals surface area contributed by atoms with Crippen molar-refractivity contribution in [3.05, 3.63) is 55.2 Å². The van der Waals surface area contributed by atoms with E-state index in [4.69, 9.17) is 0 Å². The molecule has 0 unspecified atom stereocenters. The summed E-state index contributed by atoms with van der Waals surface area (Å²) in [5.74, 6) is -0.211. The minimum Gasteiger partial charge on any atom is -0.331 e. The molecule has 0 saturated carbocycles. The number of hydrogen-bond acceptors (Lipinski definition) is 3. The van der Waals surface area contributed by atoms with Gasteiger partial charge >= 0.3 is 0 Å². The van der Waals surface area contributed by atoms with Gasteiger partial charge in [0.15, 0.2) is 5.78 Å². The Morgan fingerprint density at radius 2 is 2.33 bits per heavy atom. The molecular formula is C11H10N3O. The quantitative estimate of drug-likeness (QED) is 0.702. The Kier molecular flexibility index (Phi) is 2.58. The number of pyridine rings is 1. The molecule has 0 amide bonds. The molecule has 0 bridgehead atoms. The second-order valence-corrected chi connectivity index (χ2v) is 3.20. The first-order valence-electron chi connectivity index (χ1n) is 4.52. The van der Waals surface area contributed by atoms with E-state index < -0.39 is 0 Å². The van der Waals surface area contributed by atoms with E-state index in [1.165, 1.54) is 0 Å². The van der Waals surface area contributed by atoms with Gasteiger partial charge in [0.1, 0.15) is 0 Å². The van der Waals surface area contributed by atoms with E-state index in [-0.39, 0.29) is 5.78 Å². The predicted molar refractivity (Wildman–Crippen MR) is 55.3 cm³/mol. The maximum absolute atomic E-state index is 10.9. The number of ketones is 1. The predicted octanol–water partition coefficient (Wildman–Crippen LogP) is 1.34. The highest BCUT2D eigenvalue weighted by Crippen LogP contribution is 2.02. The number of hydrogen-bond donors (Lipinski definition) is 0. The third-order valence-corrected chi connectivity index (χ3v) is 2.05. The Morgan fingerprint density at radius 3 is 2.87 bits per heavy atom. The lowest BCUT2D eigenvalue weighted by Crippen LogP contribution is -2.01. The number of carbonyl (C=O) groups is 1. The van der Waals surface area contributed by atoms with Crippen molar-refractivity contribution in [2.45, 2.75) is 6.54 Å². The molecule has 2 aromatic heterocycles. The van der Waals surface area contributed by atoms with Crippen LogP contribution in [0.25, 0.3) is 0 Å². The lowest BCUT2D eigenvalue weighted by molar-refractivity contribution is 0.104. The fourth-order valence-electron chi connectivity index (χ4n) is 1.25. The summed E-state index contributed by atoms with van der Waals surface area (Å²) in [7, 11) is 0. The van der Waals surface area contributed by atoms with Gasteiger partial charge in [0.2, 0.25) is 0 Å². The van der Waals surface area contributed by atoms with Crippen LogP contribution in [-0.4, -0.2) is 20.3 Å². The van der Waals surface area contributed by atoms with Crippen molar-refractivity contribution in [3.63, 3.8) is 0 Å². The van der Waals surface area contributed by atoms with Crippen molar-refractivity contribution in [2.24, 2.45) is 0 Å². The lowest BCUT2D eigenvalue weighted by atomic mass is 10.2. The third kappa shape index (κ3) is 2.28. The standard InChI is InChI=1S/C11H10N3O/c1-9(15)10-2-3-11(13-6-10)7-14-5-4-12-8-14/h2-6,8H,1,7H2. The van der Waals surface area contributed by atoms with Crippen LogP contribution in [0.4, 0.5) is 0 Å². The highest BCUT2D eigenvalue weighted by molar-refractivity contribution is 5.98. The van der Waals surface area contributed by atoms with E-state index in [0.29, 0.717) is 12.1 Å². The fraction of sp³-hybridized carbons (Fsp3) is 0.0909. The van der Waals surface area contributed by atoms with Crippen LogP contribution in [0, 0.1) is 6.92 Å². The largest absolute Gasteiger partial charge is 0.331 e. The van der Waals surface area contributed by atoms with Gasteiger partial charge in [-0.25, -0.2) is 4.98 Å². The molecule has 0 N–H and O–H groups in total. The van der Waals surface area contributed by atoms with Crippen molar-refractivity contribution in [3.8, 4) is 0 Å². The number of Topliss-reactive ketones (excluding diaryl/α,β-unsaturated/α-hetero) is 1. The number of carbonyl (C=O) groups excluding carboxylic acids is 1. The first kappa shape index (κ1) is 9.58. The molecule has 0 aliphatic heterocycles. The molecule has 0 aliphatic rings. The van der Waals surface area contributed by atoms with Gasteiger partial charge in [-0.15, -0.1) is 0 Å². The lowest BCUT2D eigenvalue weighted by Gasteiger charge is -2.01. The van der Waals surface area contributed by atoms with E-state index in [9.17, 15) is 4.79 Å². The zero-order chi connectivity index (χ0) is 10.7. The number of nitrogens with zero attached hydrogens (tertiary/aromatic N) is 3. The fourth-order valence-corrected chi connectivity index (χ4v) is 1.25. The summed E-state index contributed by atoms with van der Waals surface area (Å²) in [6, 6.07) is 3.55. The summed E-state index contributed by atoms with van der Waals surface area (Å²) in [5, 5.41) is 0. The smallest absolute Gasteiger partial charge is 0.164 e. The van der Waals surface area contributed by atoms with Gasteiger partial charge < -0.3 is 4.57 Å². The average Bonchev–Trinajstić information content (AvgIpc) is 2.71. The molecule has 4 heteroatoms. The molecule has 0 saturated heterocycles. The van der Waals surface area contributed by atoms with E-state index in [1.807, 2.05) is 16.8 Å². The minimum absolute atomic E-state index is 0.211. The number of aromatic nitrogens is 3. The van der Waals surface area contributed by atoms with E-state index >= 15 is 0 Å². The molecule has 2 rings (SSSR count). The summed E-state index contributed by atoms with van der Waals surface area (Å²) in [6.45, 7) is 3.98. The zero-order valence-electron chi connectivity index (χ0n) is 8.13. The van der Waals surface area contributed by atoms with Crippen LogP contribution < -0.4 is 0 Å². The third-order valence-electron chi connectivity index (χ3n) is 2.05. The monoisotopic (exact) mass is 200 g/mol. The molecule has 0 aliphatic carbocycles. The molecule has 2 heterocycles. The highest BCUT2D eigenvalue weighted by Gasteiger charge is 2.00. The van der Waals surface area contributed by atoms with Crippen molar-refractivity contribution in [1.82, 2.24) is 14.5 Å². The molecule has 15 heavy (non-hydrogen) atoms. The molecule has 2 aromatic rings. The van der Waals surface area contributed by atoms with Gasteiger partial charge in [-0.3, -0.25) is 9.78 Å². The maximum Gasteiger partial charge on any atom is 0.164 e. The van der Waals surface area contributed by atoms with E-state index in [1.54, 1.807) is 24.8 Å². The number of rotatable bonds is 3. The number of imidazole rings is 1. The maximum atomic E-state index is 10.9. The first-order valence-corrected chi connectivity index (χ1v) is 4.52. The van der Waals surface area contributed by atoms with Crippen LogP contribution in [0.5, 0.6) is 0 Å². The summed E-state index contributed by atoms with van der Waals surface area (Å²) in [5.41, 5.74) is 1.42. The van der Waals surface area contributed by atoms with E-state index in [0.717, 1.165) is 5.69 Å². The highest BCUT2D eigenvalue weighted by atomic mass is 16.1. The summed E-state index contributed by atoms with van der Waals surface area (Å²) in [4.78, 5) is 19.0. The van der Waals surface area contributed by atoms with Crippen molar-refractivity contribution < 1.29 is 4.79 Å². The Labute approximate surface area is 87.6 Å². The van der Waals surface area contributed by atoms with Gasteiger partial charge in [0.25, 0.3) is 0 Å². The molecule has 0 spiro atoms. The van der Waals surface area contributed by atoms with Crippen LogP contribution in [0.1, 0.15) is 16.1 Å². The molecule has 1 radical (unpaired) electrons. The van der Waals surface area contributed by atoms with Crippen molar-refractivity contribution >= 4 is 5.78 Å². The average molecular weight is 200 g/mol. The molecule has 4 nitrogen and oxygen atoms in total. The van der Waals surface area contributed by atoms with Crippen LogP contribution in [-0.2, 0) is 6.54 Å². The second-order valence-electron chi connectivity index (χ2n) is 3.20. The van der Waals surface area contributed by atoms with Gasteiger partial charge in [0.05, 0.1) is 18.6 Å². The van der Waals surface area contributed by atoms with Crippen LogP contribution >= 0.6 is 0 Å². The molecular weight excluding hydrogens is 190 g/mol.